The SMILES string of the molecule is C[C@@H]1OC[C@@H](COc2ccc(C(=O)O)cn2)O1. The van der Waals surface area contributed by atoms with Crippen LogP contribution in [0, 0.1) is 0 Å². The highest BCUT2D eigenvalue weighted by Gasteiger charge is 2.22. The zero-order valence-corrected chi connectivity index (χ0v) is 9.33. The van der Waals surface area contributed by atoms with Crippen LogP contribution in [0.2, 0.25) is 0 Å². The third-order valence-electron chi connectivity index (χ3n) is 2.30. The van der Waals surface area contributed by atoms with Crippen LogP contribution in [-0.4, -0.2) is 41.7 Å². The van der Waals surface area contributed by atoms with Gasteiger partial charge in [0.15, 0.2) is 6.29 Å². The number of nitrogens with zero attached hydrogens (tertiary/aromatic N) is 1. The monoisotopic (exact) mass is 239 g/mol. The summed E-state index contributed by atoms with van der Waals surface area (Å²) in [6, 6.07) is 2.96. The first-order valence-corrected chi connectivity index (χ1v) is 5.24. The fourth-order valence-electron chi connectivity index (χ4n) is 1.45. The van der Waals surface area contributed by atoms with E-state index in [1.165, 1.54) is 18.3 Å². The Hall–Kier alpha value is -1.66. The fourth-order valence-corrected chi connectivity index (χ4v) is 1.45. The van der Waals surface area contributed by atoms with E-state index in [0.717, 1.165) is 0 Å². The molecule has 2 atom stereocenters. The van der Waals surface area contributed by atoms with Gasteiger partial charge >= 0.3 is 5.97 Å². The van der Waals surface area contributed by atoms with Gasteiger partial charge in [-0.15, -0.1) is 0 Å². The molecular weight excluding hydrogens is 226 g/mol. The number of ether oxygens (including phenoxy) is 3. The Morgan fingerprint density at radius 3 is 3.00 bits per heavy atom. The van der Waals surface area contributed by atoms with E-state index >= 15 is 0 Å². The molecule has 1 saturated heterocycles. The molecule has 0 spiro atoms. The van der Waals surface area contributed by atoms with E-state index in [-0.39, 0.29) is 18.0 Å². The second-order valence-corrected chi connectivity index (χ2v) is 3.66. The Labute approximate surface area is 98.1 Å². The summed E-state index contributed by atoms with van der Waals surface area (Å²) in [6.07, 6.45) is 0.948. The summed E-state index contributed by atoms with van der Waals surface area (Å²) in [5.74, 6) is -0.636. The summed E-state index contributed by atoms with van der Waals surface area (Å²) in [7, 11) is 0. The van der Waals surface area contributed by atoms with Crippen LogP contribution in [0.25, 0.3) is 0 Å². The Balaban J connectivity index is 1.85. The molecule has 1 N–H and O–H groups in total. The zero-order chi connectivity index (χ0) is 12.3. The van der Waals surface area contributed by atoms with E-state index in [1.807, 2.05) is 6.92 Å². The van der Waals surface area contributed by atoms with Gasteiger partial charge in [-0.2, -0.15) is 0 Å². The van der Waals surface area contributed by atoms with Gasteiger partial charge in [-0.3, -0.25) is 0 Å². The lowest BCUT2D eigenvalue weighted by atomic mass is 10.3. The summed E-state index contributed by atoms with van der Waals surface area (Å²) in [5.41, 5.74) is 0.131. The van der Waals surface area contributed by atoms with E-state index < -0.39 is 5.97 Å². The van der Waals surface area contributed by atoms with E-state index in [0.29, 0.717) is 19.1 Å². The number of hydrogen-bond acceptors (Lipinski definition) is 5. The Bertz CT molecular complexity index is 391. The molecule has 6 heteroatoms. The first-order valence-electron chi connectivity index (χ1n) is 5.24. The van der Waals surface area contributed by atoms with Crippen LogP contribution in [0.5, 0.6) is 5.88 Å². The molecule has 0 bridgehead atoms. The van der Waals surface area contributed by atoms with Crippen molar-refractivity contribution in [2.24, 2.45) is 0 Å². The highest BCUT2D eigenvalue weighted by molar-refractivity contribution is 5.87. The maximum absolute atomic E-state index is 10.6. The average molecular weight is 239 g/mol. The largest absolute Gasteiger partial charge is 0.478 e. The smallest absolute Gasteiger partial charge is 0.337 e. The number of rotatable bonds is 4. The molecule has 0 radical (unpaired) electrons. The lowest BCUT2D eigenvalue weighted by Crippen LogP contribution is -2.20. The summed E-state index contributed by atoms with van der Waals surface area (Å²) < 4.78 is 15.9. The van der Waals surface area contributed by atoms with Crippen molar-refractivity contribution in [3.05, 3.63) is 23.9 Å². The lowest BCUT2D eigenvalue weighted by molar-refractivity contribution is -0.0489. The van der Waals surface area contributed by atoms with Crippen molar-refractivity contribution in [3.63, 3.8) is 0 Å². The summed E-state index contributed by atoms with van der Waals surface area (Å²) >= 11 is 0. The van der Waals surface area contributed by atoms with Crippen LogP contribution in [0.4, 0.5) is 0 Å². The van der Waals surface area contributed by atoms with Crippen molar-refractivity contribution < 1.29 is 24.1 Å². The number of carboxylic acids is 1. The molecule has 0 aliphatic carbocycles. The van der Waals surface area contributed by atoms with Crippen molar-refractivity contribution in [2.75, 3.05) is 13.2 Å². The van der Waals surface area contributed by atoms with Gasteiger partial charge in [0.25, 0.3) is 0 Å². The van der Waals surface area contributed by atoms with Crippen LogP contribution in [0.15, 0.2) is 18.3 Å². The predicted molar refractivity (Wildman–Crippen MR) is 57.0 cm³/mol. The van der Waals surface area contributed by atoms with Crippen molar-refractivity contribution in [3.8, 4) is 5.88 Å². The number of pyridine rings is 1. The number of aromatic nitrogens is 1. The van der Waals surface area contributed by atoms with Gasteiger partial charge in [-0.25, -0.2) is 9.78 Å². The van der Waals surface area contributed by atoms with Crippen molar-refractivity contribution >= 4 is 5.97 Å². The second kappa shape index (κ2) is 5.11. The number of hydrogen-bond donors (Lipinski definition) is 1. The first-order chi connectivity index (χ1) is 8.15. The lowest BCUT2D eigenvalue weighted by Gasteiger charge is -2.09. The molecular formula is C11H13NO5. The van der Waals surface area contributed by atoms with Crippen LogP contribution < -0.4 is 4.74 Å². The molecule has 0 amide bonds. The maximum Gasteiger partial charge on any atom is 0.337 e. The zero-order valence-electron chi connectivity index (χ0n) is 9.33. The molecule has 0 unspecified atom stereocenters. The normalized spacial score (nSPS) is 23.6. The molecule has 17 heavy (non-hydrogen) atoms. The van der Waals surface area contributed by atoms with Crippen LogP contribution >= 0.6 is 0 Å². The van der Waals surface area contributed by atoms with Crippen molar-refractivity contribution in [2.45, 2.75) is 19.3 Å². The molecule has 1 fully saturated rings. The van der Waals surface area contributed by atoms with Gasteiger partial charge in [0.1, 0.15) is 12.7 Å². The summed E-state index contributed by atoms with van der Waals surface area (Å²) in [4.78, 5) is 14.5. The minimum absolute atomic E-state index is 0.106. The number of carbonyl (C=O) groups is 1. The van der Waals surface area contributed by atoms with Crippen LogP contribution in [-0.2, 0) is 9.47 Å². The highest BCUT2D eigenvalue weighted by atomic mass is 16.7. The molecule has 0 aromatic carbocycles. The fraction of sp³-hybridized carbons (Fsp3) is 0.455. The standard InChI is InChI=1S/C11H13NO5/c1-7-15-5-9(17-7)6-16-10-3-2-8(4-12-10)11(13)14/h2-4,7,9H,5-6H2,1H3,(H,13,14)/t7-,9+/m1/s1. The Morgan fingerprint density at radius 1 is 1.65 bits per heavy atom. The first kappa shape index (κ1) is 11.8. The second-order valence-electron chi connectivity index (χ2n) is 3.66. The Kier molecular flexibility index (Phi) is 3.55. The van der Waals surface area contributed by atoms with Crippen molar-refractivity contribution in [1.29, 1.82) is 0 Å². The topological polar surface area (TPSA) is 77.9 Å². The van der Waals surface area contributed by atoms with Gasteiger partial charge in [0.2, 0.25) is 5.88 Å². The molecule has 1 aromatic rings. The van der Waals surface area contributed by atoms with Gasteiger partial charge < -0.3 is 19.3 Å². The third-order valence-corrected chi connectivity index (χ3v) is 2.30. The van der Waals surface area contributed by atoms with E-state index in [4.69, 9.17) is 19.3 Å². The van der Waals surface area contributed by atoms with Crippen LogP contribution in [0.1, 0.15) is 17.3 Å². The van der Waals surface area contributed by atoms with Gasteiger partial charge in [-0.1, -0.05) is 0 Å². The van der Waals surface area contributed by atoms with E-state index in [2.05, 4.69) is 4.98 Å². The van der Waals surface area contributed by atoms with Gasteiger partial charge in [-0.05, 0) is 13.0 Å². The molecule has 2 heterocycles. The molecule has 2 rings (SSSR count). The molecule has 6 nitrogen and oxygen atoms in total. The molecule has 0 saturated carbocycles. The minimum atomic E-state index is -1.01. The number of aromatic carboxylic acids is 1. The summed E-state index contributed by atoms with van der Waals surface area (Å²) in [6.45, 7) is 2.65. The van der Waals surface area contributed by atoms with E-state index in [9.17, 15) is 4.79 Å². The summed E-state index contributed by atoms with van der Waals surface area (Å²) in [5, 5.41) is 8.69. The average Bonchev–Trinajstić information content (AvgIpc) is 2.73. The molecule has 92 valence electrons. The highest BCUT2D eigenvalue weighted by Crippen LogP contribution is 2.13. The third kappa shape index (κ3) is 3.15. The van der Waals surface area contributed by atoms with Gasteiger partial charge in [0.05, 0.1) is 12.2 Å². The van der Waals surface area contributed by atoms with Crippen LogP contribution in [0.3, 0.4) is 0 Å². The van der Waals surface area contributed by atoms with E-state index in [1.54, 1.807) is 0 Å². The van der Waals surface area contributed by atoms with Crippen molar-refractivity contribution in [1.82, 2.24) is 4.98 Å². The maximum atomic E-state index is 10.6. The quantitative estimate of drug-likeness (QED) is 0.841. The molecule has 1 aliphatic heterocycles. The number of carboxylic acid groups (broad SMARTS) is 1. The minimum Gasteiger partial charge on any atom is -0.478 e. The predicted octanol–water partition coefficient (Wildman–Crippen LogP) is 0.920. The Morgan fingerprint density at radius 2 is 2.47 bits per heavy atom. The van der Waals surface area contributed by atoms with Gasteiger partial charge in [0, 0.05) is 12.3 Å². The molecule has 1 aromatic heterocycles. The molecule has 1 aliphatic rings.